The third kappa shape index (κ3) is 3.22. The molecule has 1 aliphatic rings. The fourth-order valence-electron chi connectivity index (χ4n) is 4.01. The van der Waals surface area contributed by atoms with Crippen LogP contribution in [0.4, 0.5) is 10.1 Å². The maximum absolute atomic E-state index is 13.4. The highest BCUT2D eigenvalue weighted by molar-refractivity contribution is 6.13. The van der Waals surface area contributed by atoms with Crippen molar-refractivity contribution in [3.05, 3.63) is 47.3 Å². The number of hydrogen-bond acceptors (Lipinski definition) is 4. The van der Waals surface area contributed by atoms with Gasteiger partial charge in [-0.2, -0.15) is 0 Å². The monoisotopic (exact) mass is 396 g/mol. The van der Waals surface area contributed by atoms with Crippen LogP contribution < -0.4 is 15.0 Å². The summed E-state index contributed by atoms with van der Waals surface area (Å²) in [5, 5.41) is 3.42. The molecule has 29 heavy (non-hydrogen) atoms. The van der Waals surface area contributed by atoms with Gasteiger partial charge >= 0.3 is 0 Å². The lowest BCUT2D eigenvalue weighted by molar-refractivity contribution is 0.0964. The zero-order valence-electron chi connectivity index (χ0n) is 17.1. The first-order chi connectivity index (χ1) is 13.9. The summed E-state index contributed by atoms with van der Waals surface area (Å²) in [7, 11) is 1.59. The van der Waals surface area contributed by atoms with Crippen molar-refractivity contribution in [2.45, 2.75) is 33.3 Å². The summed E-state index contributed by atoms with van der Waals surface area (Å²) in [6.07, 6.45) is 0.821. The Morgan fingerprint density at radius 3 is 2.66 bits per heavy atom. The van der Waals surface area contributed by atoms with E-state index in [-0.39, 0.29) is 17.8 Å². The van der Waals surface area contributed by atoms with Crippen LogP contribution in [0, 0.1) is 5.82 Å². The molecule has 0 fully saturated rings. The van der Waals surface area contributed by atoms with E-state index in [1.807, 2.05) is 19.9 Å². The number of ether oxygens (including phenoxy) is 1. The fourth-order valence-corrected chi connectivity index (χ4v) is 4.01. The number of carbonyl (C=O) groups is 1. The molecule has 0 saturated heterocycles. The molecule has 2 heterocycles. The van der Waals surface area contributed by atoms with Gasteiger partial charge in [-0.1, -0.05) is 0 Å². The molecule has 4 rings (SSSR count). The number of furan rings is 1. The topological polar surface area (TPSA) is 54.7 Å². The van der Waals surface area contributed by atoms with Crippen molar-refractivity contribution in [3.63, 3.8) is 0 Å². The number of halogens is 1. The lowest BCUT2D eigenvalue weighted by Gasteiger charge is -2.22. The first-order valence-electron chi connectivity index (χ1n) is 9.96. The molecule has 6 heteroatoms. The van der Waals surface area contributed by atoms with Crippen LogP contribution >= 0.6 is 0 Å². The predicted molar refractivity (Wildman–Crippen MR) is 112 cm³/mol. The maximum atomic E-state index is 13.4. The van der Waals surface area contributed by atoms with Gasteiger partial charge in [0.1, 0.15) is 22.9 Å². The molecule has 0 saturated carbocycles. The van der Waals surface area contributed by atoms with E-state index in [0.29, 0.717) is 22.5 Å². The Balaban J connectivity index is 2.03. The van der Waals surface area contributed by atoms with Crippen molar-refractivity contribution in [3.8, 4) is 17.1 Å². The second kappa shape index (κ2) is 7.43. The molecule has 0 bridgehead atoms. The molecule has 3 aromatic rings. The number of likely N-dealkylation sites (N-methyl/N-ethyl adjacent to an activating group) is 1. The van der Waals surface area contributed by atoms with Gasteiger partial charge < -0.3 is 19.4 Å². The van der Waals surface area contributed by atoms with Gasteiger partial charge in [0.25, 0.3) is 5.91 Å². The quantitative estimate of drug-likeness (QED) is 0.675. The summed E-state index contributed by atoms with van der Waals surface area (Å²) < 4.78 is 25.8. The Bertz CT molecular complexity index is 1070. The van der Waals surface area contributed by atoms with Gasteiger partial charge in [0.05, 0.1) is 17.4 Å². The van der Waals surface area contributed by atoms with E-state index in [1.165, 1.54) is 12.1 Å². The summed E-state index contributed by atoms with van der Waals surface area (Å²) >= 11 is 0. The van der Waals surface area contributed by atoms with Crippen molar-refractivity contribution in [1.82, 2.24) is 5.32 Å². The van der Waals surface area contributed by atoms with Gasteiger partial charge in [0.15, 0.2) is 0 Å². The van der Waals surface area contributed by atoms with E-state index >= 15 is 0 Å². The van der Waals surface area contributed by atoms with E-state index in [0.717, 1.165) is 41.9 Å². The molecule has 0 radical (unpaired) electrons. The summed E-state index contributed by atoms with van der Waals surface area (Å²) in [5.74, 6) is 0.624. The van der Waals surface area contributed by atoms with E-state index in [1.54, 1.807) is 19.2 Å². The smallest absolute Gasteiger partial charge is 0.255 e. The summed E-state index contributed by atoms with van der Waals surface area (Å²) in [5.41, 5.74) is 3.90. The summed E-state index contributed by atoms with van der Waals surface area (Å²) in [4.78, 5) is 15.1. The lowest BCUT2D eigenvalue weighted by atomic mass is 10.0. The molecule has 0 atom stereocenters. The van der Waals surface area contributed by atoms with Gasteiger partial charge in [0.2, 0.25) is 0 Å². The van der Waals surface area contributed by atoms with E-state index < -0.39 is 0 Å². The zero-order chi connectivity index (χ0) is 20.7. The molecule has 5 nitrogen and oxygen atoms in total. The number of rotatable bonds is 5. The molecule has 152 valence electrons. The van der Waals surface area contributed by atoms with Gasteiger partial charge in [-0.05, 0) is 57.5 Å². The molecule has 0 spiro atoms. The van der Waals surface area contributed by atoms with E-state index in [9.17, 15) is 9.18 Å². The highest BCUT2D eigenvalue weighted by Gasteiger charge is 2.31. The van der Waals surface area contributed by atoms with E-state index in [2.05, 4.69) is 17.1 Å². The number of nitrogens with zero attached hydrogens (tertiary/aromatic N) is 1. The van der Waals surface area contributed by atoms with Gasteiger partial charge in [-0.25, -0.2) is 4.39 Å². The number of hydrogen-bond donors (Lipinski definition) is 1. The minimum absolute atomic E-state index is 0.00257. The Hall–Kier alpha value is -3.02. The van der Waals surface area contributed by atoms with Crippen LogP contribution in [0.1, 0.15) is 36.7 Å². The molecular weight excluding hydrogens is 371 g/mol. The number of amides is 1. The van der Waals surface area contributed by atoms with Crippen LogP contribution in [-0.2, 0) is 6.42 Å². The van der Waals surface area contributed by atoms with E-state index in [4.69, 9.17) is 9.15 Å². The number of anilines is 1. The molecule has 2 aromatic carbocycles. The first kappa shape index (κ1) is 19.3. The largest absolute Gasteiger partial charge is 0.489 e. The van der Waals surface area contributed by atoms with Crippen LogP contribution in [-0.4, -0.2) is 32.1 Å². The van der Waals surface area contributed by atoms with Crippen LogP contribution in [0.25, 0.3) is 22.3 Å². The predicted octanol–water partition coefficient (Wildman–Crippen LogP) is 4.77. The molecule has 1 N–H and O–H groups in total. The fraction of sp³-hybridized carbons (Fsp3) is 0.348. The van der Waals surface area contributed by atoms with Crippen molar-refractivity contribution in [2.24, 2.45) is 0 Å². The minimum Gasteiger partial charge on any atom is -0.489 e. The van der Waals surface area contributed by atoms with Crippen molar-refractivity contribution < 1.29 is 18.3 Å². The Labute approximate surface area is 169 Å². The lowest BCUT2D eigenvalue weighted by Crippen LogP contribution is -2.21. The Morgan fingerprint density at radius 2 is 2.03 bits per heavy atom. The SMILES string of the molecule is CCN1CCc2c1c(OC(C)C)cc1c(C(=O)NC)c(-c3ccc(F)cc3)oc21. The van der Waals surface area contributed by atoms with Gasteiger partial charge in [-0.15, -0.1) is 0 Å². The van der Waals surface area contributed by atoms with Crippen LogP contribution in [0.5, 0.6) is 5.75 Å². The summed E-state index contributed by atoms with van der Waals surface area (Å²) in [6, 6.07) is 7.90. The highest BCUT2D eigenvalue weighted by Crippen LogP contribution is 2.46. The Kier molecular flexibility index (Phi) is 4.94. The van der Waals surface area contributed by atoms with Crippen molar-refractivity contribution in [1.29, 1.82) is 0 Å². The molecule has 1 aliphatic heterocycles. The molecule has 0 aliphatic carbocycles. The molecule has 0 unspecified atom stereocenters. The van der Waals surface area contributed by atoms with Crippen LogP contribution in [0.15, 0.2) is 34.7 Å². The average Bonchev–Trinajstić information content (AvgIpc) is 3.29. The van der Waals surface area contributed by atoms with Crippen LogP contribution in [0.3, 0.4) is 0 Å². The number of carbonyl (C=O) groups excluding carboxylic acids is 1. The minimum atomic E-state index is -0.335. The first-order valence-corrected chi connectivity index (χ1v) is 9.96. The number of nitrogens with one attached hydrogen (secondary N) is 1. The number of fused-ring (bicyclic) bond motifs is 3. The third-order valence-electron chi connectivity index (χ3n) is 5.27. The third-order valence-corrected chi connectivity index (χ3v) is 5.27. The Morgan fingerprint density at radius 1 is 1.31 bits per heavy atom. The molecular formula is C23H25FN2O3. The molecule has 1 amide bonds. The standard InChI is InChI=1S/C23H25FN2O3/c1-5-26-11-10-16-20(26)18(28-13(2)3)12-17-19(23(27)25-4)21(29-22(16)17)14-6-8-15(24)9-7-14/h6-9,12-13H,5,10-11H2,1-4H3,(H,25,27). The second-order valence-corrected chi connectivity index (χ2v) is 7.47. The van der Waals surface area contributed by atoms with Crippen LogP contribution in [0.2, 0.25) is 0 Å². The second-order valence-electron chi connectivity index (χ2n) is 7.47. The summed E-state index contributed by atoms with van der Waals surface area (Å²) in [6.45, 7) is 7.82. The van der Waals surface area contributed by atoms with Crippen molar-refractivity contribution >= 4 is 22.6 Å². The van der Waals surface area contributed by atoms with Gasteiger partial charge in [0, 0.05) is 36.7 Å². The zero-order valence-corrected chi connectivity index (χ0v) is 17.1. The highest BCUT2D eigenvalue weighted by atomic mass is 19.1. The molecule has 1 aromatic heterocycles. The van der Waals surface area contributed by atoms with Gasteiger partial charge in [-0.3, -0.25) is 4.79 Å². The normalized spacial score (nSPS) is 13.2. The number of benzene rings is 2. The van der Waals surface area contributed by atoms with Crippen molar-refractivity contribution in [2.75, 3.05) is 25.0 Å². The average molecular weight is 396 g/mol. The maximum Gasteiger partial charge on any atom is 0.255 e.